The fourth-order valence-corrected chi connectivity index (χ4v) is 2.62. The van der Waals surface area contributed by atoms with E-state index in [1.807, 2.05) is 0 Å². The van der Waals surface area contributed by atoms with Gasteiger partial charge in [-0.25, -0.2) is 0 Å². The van der Waals surface area contributed by atoms with Crippen LogP contribution in [0.4, 0.5) is 0 Å². The van der Waals surface area contributed by atoms with Gasteiger partial charge in [-0.2, -0.15) is 4.98 Å². The van der Waals surface area contributed by atoms with Crippen LogP contribution in [0.5, 0.6) is 0 Å². The zero-order valence-electron chi connectivity index (χ0n) is 8.60. The molecule has 1 heterocycles. The molecular formula is C11H15N3O. The van der Waals surface area contributed by atoms with E-state index in [-0.39, 0.29) is 0 Å². The standard InChI is InChI=1S/C11H15N3O/c1-2-8-6-10(9(8)3-1)12-5-4-11-13-7-15-14-11/h1,3,7-10,12H,2,4-6H2. The predicted molar refractivity (Wildman–Crippen MR) is 55.1 cm³/mol. The summed E-state index contributed by atoms with van der Waals surface area (Å²) >= 11 is 0. The molecule has 4 nitrogen and oxygen atoms in total. The van der Waals surface area contributed by atoms with E-state index in [1.165, 1.54) is 19.2 Å². The maximum Gasteiger partial charge on any atom is 0.213 e. The molecule has 0 spiro atoms. The average Bonchev–Trinajstić information content (AvgIpc) is 2.82. The molecule has 80 valence electrons. The summed E-state index contributed by atoms with van der Waals surface area (Å²) < 4.78 is 4.68. The molecule has 4 heteroatoms. The SMILES string of the molecule is C1=CC2C(C1)CC2NCCc1ncon1. The summed E-state index contributed by atoms with van der Waals surface area (Å²) in [5.74, 6) is 2.50. The van der Waals surface area contributed by atoms with Crippen LogP contribution >= 0.6 is 0 Å². The molecular weight excluding hydrogens is 190 g/mol. The van der Waals surface area contributed by atoms with Crippen LogP contribution in [-0.4, -0.2) is 22.7 Å². The highest BCUT2D eigenvalue weighted by Crippen LogP contribution is 2.42. The van der Waals surface area contributed by atoms with Gasteiger partial charge in [0, 0.05) is 19.0 Å². The van der Waals surface area contributed by atoms with Gasteiger partial charge >= 0.3 is 0 Å². The minimum Gasteiger partial charge on any atom is -0.343 e. The third kappa shape index (κ3) is 1.69. The van der Waals surface area contributed by atoms with E-state index < -0.39 is 0 Å². The first-order chi connectivity index (χ1) is 7.43. The molecule has 0 aromatic carbocycles. The zero-order valence-corrected chi connectivity index (χ0v) is 8.60. The Morgan fingerprint density at radius 1 is 1.53 bits per heavy atom. The average molecular weight is 205 g/mol. The van der Waals surface area contributed by atoms with E-state index in [0.29, 0.717) is 6.04 Å². The van der Waals surface area contributed by atoms with Crippen LogP contribution < -0.4 is 5.32 Å². The van der Waals surface area contributed by atoms with E-state index in [1.54, 1.807) is 0 Å². The second-order valence-corrected chi connectivity index (χ2v) is 4.40. The summed E-state index contributed by atoms with van der Waals surface area (Å²) in [6, 6.07) is 0.681. The van der Waals surface area contributed by atoms with E-state index in [4.69, 9.17) is 0 Å². The molecule has 15 heavy (non-hydrogen) atoms. The molecule has 0 bridgehead atoms. The molecule has 3 unspecified atom stereocenters. The van der Waals surface area contributed by atoms with E-state index >= 15 is 0 Å². The molecule has 3 atom stereocenters. The summed E-state index contributed by atoms with van der Waals surface area (Å²) in [4.78, 5) is 3.99. The Hall–Kier alpha value is -1.16. The molecule has 1 saturated carbocycles. The van der Waals surface area contributed by atoms with Gasteiger partial charge in [0.2, 0.25) is 6.39 Å². The van der Waals surface area contributed by atoms with Crippen molar-refractivity contribution < 1.29 is 4.52 Å². The number of fused-ring (bicyclic) bond motifs is 1. The van der Waals surface area contributed by atoms with Gasteiger partial charge in [-0.15, -0.1) is 0 Å². The monoisotopic (exact) mass is 205 g/mol. The number of hydrogen-bond donors (Lipinski definition) is 1. The van der Waals surface area contributed by atoms with Crippen molar-refractivity contribution in [3.05, 3.63) is 24.4 Å². The first-order valence-electron chi connectivity index (χ1n) is 5.59. The molecule has 0 aliphatic heterocycles. The minimum atomic E-state index is 0.681. The first-order valence-corrected chi connectivity index (χ1v) is 5.59. The van der Waals surface area contributed by atoms with E-state index in [0.717, 1.165) is 30.6 Å². The highest BCUT2D eigenvalue weighted by atomic mass is 16.5. The number of aromatic nitrogens is 2. The van der Waals surface area contributed by atoms with Crippen LogP contribution in [0.2, 0.25) is 0 Å². The number of allylic oxidation sites excluding steroid dienone is 1. The highest BCUT2D eigenvalue weighted by molar-refractivity contribution is 5.12. The maximum absolute atomic E-state index is 4.68. The maximum atomic E-state index is 4.68. The van der Waals surface area contributed by atoms with Crippen molar-refractivity contribution in [1.29, 1.82) is 0 Å². The Balaban J connectivity index is 1.42. The summed E-state index contributed by atoms with van der Waals surface area (Å²) in [7, 11) is 0. The van der Waals surface area contributed by atoms with Crippen LogP contribution in [-0.2, 0) is 6.42 Å². The van der Waals surface area contributed by atoms with E-state index in [2.05, 4.69) is 32.1 Å². The molecule has 0 amide bonds. The number of rotatable bonds is 4. The van der Waals surface area contributed by atoms with Gasteiger partial charge in [0.25, 0.3) is 0 Å². The Bertz CT molecular complexity index is 347. The van der Waals surface area contributed by atoms with Crippen LogP contribution in [0.3, 0.4) is 0 Å². The Morgan fingerprint density at radius 3 is 3.33 bits per heavy atom. The largest absolute Gasteiger partial charge is 0.343 e. The van der Waals surface area contributed by atoms with E-state index in [9.17, 15) is 0 Å². The number of nitrogens with zero attached hydrogens (tertiary/aromatic N) is 2. The van der Waals surface area contributed by atoms with Crippen molar-refractivity contribution in [2.45, 2.75) is 25.3 Å². The first kappa shape index (κ1) is 9.09. The lowest BCUT2D eigenvalue weighted by atomic mass is 9.71. The molecule has 2 aliphatic rings. The van der Waals surface area contributed by atoms with Gasteiger partial charge < -0.3 is 9.84 Å². The van der Waals surface area contributed by atoms with Gasteiger partial charge in [-0.1, -0.05) is 17.3 Å². The topological polar surface area (TPSA) is 51.0 Å². The lowest BCUT2D eigenvalue weighted by molar-refractivity contribution is 0.164. The molecule has 1 N–H and O–H groups in total. The van der Waals surface area contributed by atoms with Crippen LogP contribution in [0.1, 0.15) is 18.7 Å². The summed E-state index contributed by atoms with van der Waals surface area (Å²) in [5, 5.41) is 7.34. The zero-order chi connectivity index (χ0) is 10.1. The van der Waals surface area contributed by atoms with Gasteiger partial charge in [0.15, 0.2) is 5.82 Å². The van der Waals surface area contributed by atoms with Crippen LogP contribution in [0, 0.1) is 11.8 Å². The van der Waals surface area contributed by atoms with Crippen molar-refractivity contribution in [3.63, 3.8) is 0 Å². The molecule has 1 aromatic heterocycles. The second-order valence-electron chi connectivity index (χ2n) is 4.40. The van der Waals surface area contributed by atoms with Gasteiger partial charge in [-0.3, -0.25) is 0 Å². The Labute approximate surface area is 88.7 Å². The quantitative estimate of drug-likeness (QED) is 0.749. The van der Waals surface area contributed by atoms with Crippen LogP contribution in [0.25, 0.3) is 0 Å². The Kier molecular flexibility index (Phi) is 2.29. The normalized spacial score (nSPS) is 32.7. The highest BCUT2D eigenvalue weighted by Gasteiger charge is 2.40. The fraction of sp³-hybridized carbons (Fsp3) is 0.636. The third-order valence-electron chi connectivity index (χ3n) is 3.52. The summed E-state index contributed by atoms with van der Waals surface area (Å²) in [5.41, 5.74) is 0. The van der Waals surface area contributed by atoms with Crippen LogP contribution in [0.15, 0.2) is 23.1 Å². The molecule has 0 radical (unpaired) electrons. The van der Waals surface area contributed by atoms with Gasteiger partial charge in [0.1, 0.15) is 0 Å². The van der Waals surface area contributed by atoms with Gasteiger partial charge in [0.05, 0.1) is 0 Å². The predicted octanol–water partition coefficient (Wildman–Crippen LogP) is 1.17. The lowest BCUT2D eigenvalue weighted by Crippen LogP contribution is -2.48. The van der Waals surface area contributed by atoms with Crippen molar-refractivity contribution >= 4 is 0 Å². The van der Waals surface area contributed by atoms with Gasteiger partial charge in [-0.05, 0) is 24.7 Å². The number of nitrogens with one attached hydrogen (secondary N) is 1. The van der Waals surface area contributed by atoms with Crippen molar-refractivity contribution in [2.24, 2.45) is 11.8 Å². The fourth-order valence-electron chi connectivity index (χ4n) is 2.62. The van der Waals surface area contributed by atoms with Crippen molar-refractivity contribution in [3.8, 4) is 0 Å². The smallest absolute Gasteiger partial charge is 0.213 e. The summed E-state index contributed by atoms with van der Waals surface area (Å²) in [6.07, 6.45) is 9.52. The second kappa shape index (κ2) is 3.77. The lowest BCUT2D eigenvalue weighted by Gasteiger charge is -2.40. The molecule has 1 aromatic rings. The summed E-state index contributed by atoms with van der Waals surface area (Å²) in [6.45, 7) is 0.946. The third-order valence-corrected chi connectivity index (χ3v) is 3.52. The molecule has 1 fully saturated rings. The Morgan fingerprint density at radius 2 is 2.53 bits per heavy atom. The van der Waals surface area contributed by atoms with Crippen molar-refractivity contribution in [2.75, 3.05) is 6.54 Å². The van der Waals surface area contributed by atoms with Crippen molar-refractivity contribution in [1.82, 2.24) is 15.5 Å². The molecule has 0 saturated heterocycles. The number of hydrogen-bond acceptors (Lipinski definition) is 4. The molecule has 2 aliphatic carbocycles. The molecule has 3 rings (SSSR count). The minimum absolute atomic E-state index is 0.681.